The number of hydrogen-bond donors (Lipinski definition) is 3. The number of carbonyl (C=O) groups is 3. The Labute approximate surface area is 192 Å². The molecule has 0 bridgehead atoms. The van der Waals surface area contributed by atoms with Gasteiger partial charge in [-0.25, -0.2) is 4.79 Å². The van der Waals surface area contributed by atoms with Gasteiger partial charge in [0.2, 0.25) is 5.91 Å². The average Bonchev–Trinajstić information content (AvgIpc) is 2.76. The number of anilines is 2. The molecule has 3 rings (SSSR count). The first kappa shape index (κ1) is 22.6. The van der Waals surface area contributed by atoms with Crippen LogP contribution in [-0.2, 0) is 4.79 Å². The molecule has 1 atom stereocenters. The summed E-state index contributed by atoms with van der Waals surface area (Å²) in [5.41, 5.74) is 1.27. The number of carbonyl (C=O) groups excluding carboxylic acids is 2. The summed E-state index contributed by atoms with van der Waals surface area (Å²) in [5, 5.41) is 14.5. The van der Waals surface area contributed by atoms with Crippen LogP contribution >= 0.6 is 27.7 Å². The number of carboxylic acids is 1. The molecule has 0 aliphatic heterocycles. The molecule has 3 aromatic carbocycles. The van der Waals surface area contributed by atoms with Crippen LogP contribution in [0.1, 0.15) is 27.6 Å². The quantitative estimate of drug-likeness (QED) is 0.372. The number of amides is 2. The third-order valence-electron chi connectivity index (χ3n) is 4.33. The number of benzene rings is 3. The van der Waals surface area contributed by atoms with Gasteiger partial charge in [0, 0.05) is 15.1 Å². The zero-order valence-corrected chi connectivity index (χ0v) is 18.9. The monoisotopic (exact) mass is 498 g/mol. The van der Waals surface area contributed by atoms with E-state index in [0.29, 0.717) is 11.4 Å². The zero-order valence-electron chi connectivity index (χ0n) is 16.5. The van der Waals surface area contributed by atoms with Crippen molar-refractivity contribution in [1.82, 2.24) is 0 Å². The van der Waals surface area contributed by atoms with Crippen molar-refractivity contribution < 1.29 is 19.5 Å². The van der Waals surface area contributed by atoms with Crippen LogP contribution in [0.15, 0.2) is 82.2 Å². The van der Waals surface area contributed by atoms with E-state index in [1.165, 1.54) is 23.9 Å². The highest BCUT2D eigenvalue weighted by atomic mass is 79.9. The normalized spacial score (nSPS) is 11.4. The lowest BCUT2D eigenvalue weighted by Gasteiger charge is -2.13. The maximum atomic E-state index is 12.5. The second-order valence-electron chi connectivity index (χ2n) is 6.56. The predicted octanol–water partition coefficient (Wildman–Crippen LogP) is 5.52. The molecule has 0 radical (unpaired) electrons. The lowest BCUT2D eigenvalue weighted by Crippen LogP contribution is -2.22. The van der Waals surface area contributed by atoms with Gasteiger partial charge in [0.1, 0.15) is 0 Å². The summed E-state index contributed by atoms with van der Waals surface area (Å²) in [6.45, 7) is 1.81. The van der Waals surface area contributed by atoms with Crippen molar-refractivity contribution in [2.24, 2.45) is 0 Å². The lowest BCUT2D eigenvalue weighted by molar-refractivity contribution is -0.115. The molecule has 0 spiro atoms. The van der Waals surface area contributed by atoms with Crippen molar-refractivity contribution in [1.29, 1.82) is 0 Å². The molecule has 0 aliphatic rings. The zero-order chi connectivity index (χ0) is 22.4. The van der Waals surface area contributed by atoms with Gasteiger partial charge in [0.05, 0.1) is 22.1 Å². The average molecular weight is 499 g/mol. The Morgan fingerprint density at radius 3 is 2.13 bits per heavy atom. The minimum Gasteiger partial charge on any atom is -0.478 e. The first-order valence-electron chi connectivity index (χ1n) is 9.31. The number of nitrogens with one attached hydrogen (secondary N) is 2. The van der Waals surface area contributed by atoms with Crippen LogP contribution in [0.2, 0.25) is 0 Å². The lowest BCUT2D eigenvalue weighted by atomic mass is 10.1. The maximum Gasteiger partial charge on any atom is 0.336 e. The molecule has 3 N–H and O–H groups in total. The van der Waals surface area contributed by atoms with Crippen molar-refractivity contribution in [2.45, 2.75) is 17.1 Å². The molecular formula is C23H19BrN2O4S. The summed E-state index contributed by atoms with van der Waals surface area (Å²) >= 11 is 4.80. The minimum atomic E-state index is -1.16. The van der Waals surface area contributed by atoms with Crippen molar-refractivity contribution >= 4 is 56.9 Å². The Bertz CT molecular complexity index is 1120. The van der Waals surface area contributed by atoms with Crippen LogP contribution in [0, 0.1) is 0 Å². The Kier molecular flexibility index (Phi) is 7.49. The van der Waals surface area contributed by atoms with Gasteiger partial charge in [0.25, 0.3) is 5.91 Å². The molecule has 2 amide bonds. The molecule has 158 valence electrons. The van der Waals surface area contributed by atoms with Crippen LogP contribution in [0.3, 0.4) is 0 Å². The summed E-state index contributed by atoms with van der Waals surface area (Å²) in [7, 11) is 0. The van der Waals surface area contributed by atoms with E-state index >= 15 is 0 Å². The Balaban J connectivity index is 1.61. The summed E-state index contributed by atoms with van der Waals surface area (Å²) in [5.74, 6) is -1.79. The number of para-hydroxylation sites is 1. The van der Waals surface area contributed by atoms with Gasteiger partial charge >= 0.3 is 5.97 Å². The van der Waals surface area contributed by atoms with Gasteiger partial charge < -0.3 is 15.7 Å². The first-order valence-corrected chi connectivity index (χ1v) is 11.0. The molecule has 0 heterocycles. The smallest absolute Gasteiger partial charge is 0.336 e. The maximum absolute atomic E-state index is 12.5. The van der Waals surface area contributed by atoms with Crippen molar-refractivity contribution in [3.05, 3.63) is 88.4 Å². The molecule has 0 aliphatic carbocycles. The van der Waals surface area contributed by atoms with Gasteiger partial charge in [-0.3, -0.25) is 9.59 Å². The second kappa shape index (κ2) is 10.3. The number of hydrogen-bond acceptors (Lipinski definition) is 4. The summed E-state index contributed by atoms with van der Waals surface area (Å²) in [4.78, 5) is 37.1. The molecule has 6 nitrogen and oxygen atoms in total. The molecule has 0 saturated heterocycles. The fourth-order valence-electron chi connectivity index (χ4n) is 2.74. The molecule has 0 fully saturated rings. The van der Waals surface area contributed by atoms with E-state index in [9.17, 15) is 19.5 Å². The van der Waals surface area contributed by atoms with Gasteiger partial charge in [-0.15, -0.1) is 11.8 Å². The van der Waals surface area contributed by atoms with E-state index in [2.05, 4.69) is 26.6 Å². The number of rotatable bonds is 7. The first-order chi connectivity index (χ1) is 14.8. The van der Waals surface area contributed by atoms with Crippen molar-refractivity contribution in [3.8, 4) is 0 Å². The fraction of sp³-hybridized carbons (Fsp3) is 0.0870. The minimum absolute atomic E-state index is 0.0583. The summed E-state index contributed by atoms with van der Waals surface area (Å²) < 4.78 is 0.810. The van der Waals surface area contributed by atoms with E-state index in [0.717, 1.165) is 9.37 Å². The Morgan fingerprint density at radius 1 is 0.871 bits per heavy atom. The van der Waals surface area contributed by atoms with E-state index < -0.39 is 11.9 Å². The van der Waals surface area contributed by atoms with Crippen molar-refractivity contribution in [2.75, 3.05) is 10.6 Å². The number of aromatic carboxylic acids is 1. The van der Waals surface area contributed by atoms with E-state index in [-0.39, 0.29) is 22.3 Å². The standard InChI is InChI=1S/C23H19BrN2O4S/c1-14(21(27)26-20-9-5-4-8-19(20)24)31-16-12-10-15(11-13-16)25-22(28)17-6-2-3-7-18(17)23(29)30/h2-14H,1H3,(H,25,28)(H,26,27)(H,29,30). The van der Waals surface area contributed by atoms with Crippen LogP contribution in [0.5, 0.6) is 0 Å². The van der Waals surface area contributed by atoms with Gasteiger partial charge in [-0.05, 0) is 71.4 Å². The molecule has 1 unspecified atom stereocenters. The highest BCUT2D eigenvalue weighted by Gasteiger charge is 2.17. The third kappa shape index (κ3) is 5.96. The topological polar surface area (TPSA) is 95.5 Å². The van der Waals surface area contributed by atoms with E-state index in [1.54, 1.807) is 36.4 Å². The molecule has 31 heavy (non-hydrogen) atoms. The number of carboxylic acid groups (broad SMARTS) is 1. The van der Waals surface area contributed by atoms with Gasteiger partial charge in [0.15, 0.2) is 0 Å². The van der Waals surface area contributed by atoms with Crippen molar-refractivity contribution in [3.63, 3.8) is 0 Å². The van der Waals surface area contributed by atoms with Crippen LogP contribution in [0.25, 0.3) is 0 Å². The molecule has 0 aromatic heterocycles. The van der Waals surface area contributed by atoms with E-state index in [4.69, 9.17) is 0 Å². The third-order valence-corrected chi connectivity index (χ3v) is 6.13. The molecule has 8 heteroatoms. The Hall–Kier alpha value is -3.10. The molecule has 0 saturated carbocycles. The SMILES string of the molecule is CC(Sc1ccc(NC(=O)c2ccccc2C(=O)O)cc1)C(=O)Nc1ccccc1Br. The molecular weight excluding hydrogens is 480 g/mol. The van der Waals surface area contributed by atoms with Crippen LogP contribution in [-0.4, -0.2) is 28.1 Å². The van der Waals surface area contributed by atoms with Crippen LogP contribution < -0.4 is 10.6 Å². The predicted molar refractivity (Wildman–Crippen MR) is 126 cm³/mol. The van der Waals surface area contributed by atoms with Crippen LogP contribution in [0.4, 0.5) is 11.4 Å². The summed E-state index contributed by atoms with van der Waals surface area (Å²) in [6, 6.07) is 20.4. The van der Waals surface area contributed by atoms with Gasteiger partial charge in [-0.1, -0.05) is 24.3 Å². The molecule has 3 aromatic rings. The highest BCUT2D eigenvalue weighted by molar-refractivity contribution is 9.10. The highest BCUT2D eigenvalue weighted by Crippen LogP contribution is 2.27. The second-order valence-corrected chi connectivity index (χ2v) is 8.83. The summed E-state index contributed by atoms with van der Waals surface area (Å²) in [6.07, 6.45) is 0. The van der Waals surface area contributed by atoms with E-state index in [1.807, 2.05) is 31.2 Å². The fourth-order valence-corrected chi connectivity index (χ4v) is 3.99. The Morgan fingerprint density at radius 2 is 1.48 bits per heavy atom. The largest absolute Gasteiger partial charge is 0.478 e. The number of halogens is 1. The van der Waals surface area contributed by atoms with Gasteiger partial charge in [-0.2, -0.15) is 0 Å². The number of thioether (sulfide) groups is 1.